The number of carboxylic acid groups (broad SMARTS) is 1. The number of carbonyl (C=O) groups is 3. The number of aliphatic carboxylic acids is 1. The van der Waals surface area contributed by atoms with Crippen molar-refractivity contribution in [3.63, 3.8) is 0 Å². The first-order valence-electron chi connectivity index (χ1n) is 9.81. The van der Waals surface area contributed by atoms with Crippen LogP contribution in [0.25, 0.3) is 0 Å². The molecule has 0 radical (unpaired) electrons. The van der Waals surface area contributed by atoms with Crippen LogP contribution in [0.1, 0.15) is 34.3 Å². The van der Waals surface area contributed by atoms with Crippen LogP contribution in [0, 0.1) is 6.92 Å². The Kier molecular flexibility index (Phi) is 7.96. The number of nitrogens with zero attached hydrogens (tertiary/aromatic N) is 3. The van der Waals surface area contributed by atoms with Gasteiger partial charge in [0.2, 0.25) is 4.80 Å². The highest BCUT2D eigenvalue weighted by Gasteiger charge is 2.14. The molecule has 0 bridgehead atoms. The maximum absolute atomic E-state index is 13.0. The molecule has 1 N–H and O–H groups in total. The van der Waals surface area contributed by atoms with Gasteiger partial charge < -0.3 is 9.84 Å². The summed E-state index contributed by atoms with van der Waals surface area (Å²) in [6, 6.07) is 13.7. The van der Waals surface area contributed by atoms with Gasteiger partial charge in [0.1, 0.15) is 0 Å². The monoisotopic (exact) mass is 489 g/mol. The Labute approximate surface area is 197 Å². The van der Waals surface area contributed by atoms with E-state index < -0.39 is 36.7 Å². The van der Waals surface area contributed by atoms with E-state index in [0.29, 0.717) is 10.6 Å². The fraction of sp³-hybridized carbons (Fsp3) is 0.227. The average molecular weight is 490 g/mol. The van der Waals surface area contributed by atoms with Crippen LogP contribution in [0.4, 0.5) is 0 Å². The molecule has 1 aromatic heterocycles. The highest BCUT2D eigenvalue weighted by Crippen LogP contribution is 2.11. The summed E-state index contributed by atoms with van der Waals surface area (Å²) in [7, 11) is 0. The lowest BCUT2D eigenvalue weighted by molar-refractivity contribution is -0.150. The van der Waals surface area contributed by atoms with Gasteiger partial charge in [0.25, 0.3) is 5.91 Å². The van der Waals surface area contributed by atoms with Gasteiger partial charge in [-0.15, -0.1) is 0 Å². The third-order valence-corrected chi connectivity index (χ3v) is 5.73. The summed E-state index contributed by atoms with van der Waals surface area (Å²) in [5.74, 6) is -2.48. The number of hydrogen-bond acceptors (Lipinski definition) is 6. The molecule has 0 saturated heterocycles. The van der Waals surface area contributed by atoms with Crippen molar-refractivity contribution in [3.8, 4) is 0 Å². The van der Waals surface area contributed by atoms with Crippen molar-refractivity contribution in [1.29, 1.82) is 0 Å². The summed E-state index contributed by atoms with van der Waals surface area (Å²) < 4.78 is 7.48. The van der Waals surface area contributed by atoms with E-state index in [-0.39, 0.29) is 17.8 Å². The maximum atomic E-state index is 13.0. The van der Waals surface area contributed by atoms with E-state index in [1.807, 2.05) is 6.92 Å². The van der Waals surface area contributed by atoms with Crippen LogP contribution < -0.4 is 10.5 Å². The van der Waals surface area contributed by atoms with Gasteiger partial charge in [0.15, 0.2) is 6.73 Å². The number of esters is 1. The van der Waals surface area contributed by atoms with Gasteiger partial charge in [-0.25, -0.2) is 13.3 Å². The van der Waals surface area contributed by atoms with Crippen LogP contribution in [0.3, 0.4) is 0 Å². The van der Waals surface area contributed by atoms with Crippen molar-refractivity contribution >= 4 is 41.0 Å². The third-order valence-electron chi connectivity index (χ3n) is 4.50. The zero-order valence-corrected chi connectivity index (χ0v) is 19.1. The van der Waals surface area contributed by atoms with E-state index in [4.69, 9.17) is 21.4 Å². The Balaban J connectivity index is 1.92. The molecule has 0 aliphatic heterocycles. The summed E-state index contributed by atoms with van der Waals surface area (Å²) >= 11 is 6.85. The molecule has 0 saturated carbocycles. The van der Waals surface area contributed by atoms with E-state index in [9.17, 15) is 19.2 Å². The smallest absolute Gasteiger partial charge is 0.342 e. The number of halogens is 1. The quantitative estimate of drug-likeness (QED) is 0.486. The SMILES string of the molecule is Cc1ccc(C(=O)N=c2sn(Cc3ccc(Cl)cc3)c(=O)n2COC(=O)CCC(=O)O)cc1. The van der Waals surface area contributed by atoms with Crippen LogP contribution in [0.15, 0.2) is 58.3 Å². The van der Waals surface area contributed by atoms with Gasteiger partial charge in [-0.2, -0.15) is 4.99 Å². The predicted octanol–water partition coefficient (Wildman–Crippen LogP) is 2.83. The molecule has 0 atom stereocenters. The third kappa shape index (κ3) is 6.74. The highest BCUT2D eigenvalue weighted by atomic mass is 35.5. The first-order chi connectivity index (χ1) is 15.7. The van der Waals surface area contributed by atoms with E-state index in [1.54, 1.807) is 48.5 Å². The zero-order valence-electron chi connectivity index (χ0n) is 17.6. The molecule has 33 heavy (non-hydrogen) atoms. The maximum Gasteiger partial charge on any atom is 0.342 e. The predicted molar refractivity (Wildman–Crippen MR) is 121 cm³/mol. The fourth-order valence-electron chi connectivity index (χ4n) is 2.72. The molecule has 0 aliphatic carbocycles. The van der Waals surface area contributed by atoms with Crippen LogP contribution >= 0.6 is 23.1 Å². The number of carbonyl (C=O) groups excluding carboxylic acids is 2. The lowest BCUT2D eigenvalue weighted by Gasteiger charge is -2.04. The summed E-state index contributed by atoms with van der Waals surface area (Å²) in [6.45, 7) is 1.59. The van der Waals surface area contributed by atoms with Crippen LogP contribution in [-0.4, -0.2) is 31.5 Å². The van der Waals surface area contributed by atoms with Gasteiger partial charge in [-0.1, -0.05) is 41.4 Å². The minimum atomic E-state index is -1.14. The van der Waals surface area contributed by atoms with E-state index in [2.05, 4.69) is 4.99 Å². The molecule has 172 valence electrons. The first-order valence-corrected chi connectivity index (χ1v) is 11.0. The Morgan fingerprint density at radius 3 is 2.36 bits per heavy atom. The number of ether oxygens (including phenoxy) is 1. The number of amides is 1. The standard InChI is InChI=1S/C22H20ClN3O6S/c1-14-2-6-16(7-3-14)20(30)24-21-25(13-32-19(29)11-10-18(27)28)22(31)26(33-21)12-15-4-8-17(23)9-5-15/h2-9H,10-13H2,1H3,(H,27,28). The Hall–Kier alpha value is -3.50. The topological polar surface area (TPSA) is 120 Å². The lowest BCUT2D eigenvalue weighted by atomic mass is 10.1. The molecule has 1 heterocycles. The Morgan fingerprint density at radius 1 is 1.06 bits per heavy atom. The van der Waals surface area contributed by atoms with E-state index >= 15 is 0 Å². The molecular formula is C22H20ClN3O6S. The highest BCUT2D eigenvalue weighted by molar-refractivity contribution is 7.03. The lowest BCUT2D eigenvalue weighted by Crippen LogP contribution is -2.32. The molecule has 0 aliphatic rings. The van der Waals surface area contributed by atoms with E-state index in [0.717, 1.165) is 27.2 Å². The van der Waals surface area contributed by atoms with Crippen molar-refractivity contribution < 1.29 is 24.2 Å². The minimum absolute atomic E-state index is 0.0468. The molecule has 0 unspecified atom stereocenters. The second kappa shape index (κ2) is 10.9. The molecule has 9 nitrogen and oxygen atoms in total. The molecule has 0 fully saturated rings. The van der Waals surface area contributed by atoms with Gasteiger partial charge in [0, 0.05) is 10.6 Å². The largest absolute Gasteiger partial charge is 0.481 e. The summed E-state index contributed by atoms with van der Waals surface area (Å²) in [4.78, 5) is 52.2. The molecule has 1 amide bonds. The second-order valence-corrected chi connectivity index (χ2v) is 8.49. The number of hydrogen-bond donors (Lipinski definition) is 1. The van der Waals surface area contributed by atoms with Crippen molar-refractivity contribution in [1.82, 2.24) is 8.52 Å². The van der Waals surface area contributed by atoms with E-state index in [1.165, 1.54) is 3.96 Å². The molecule has 3 rings (SSSR count). The van der Waals surface area contributed by atoms with Crippen LogP contribution in [-0.2, 0) is 27.6 Å². The average Bonchev–Trinajstić information content (AvgIpc) is 3.06. The number of aryl methyl sites for hydroxylation is 1. The van der Waals surface area contributed by atoms with Crippen molar-refractivity contribution in [3.05, 3.63) is 85.5 Å². The zero-order chi connectivity index (χ0) is 24.0. The molecule has 0 spiro atoms. The van der Waals surface area contributed by atoms with Crippen LogP contribution in [0.2, 0.25) is 5.02 Å². The molecule has 11 heteroatoms. The van der Waals surface area contributed by atoms with Crippen molar-refractivity contribution in [2.75, 3.05) is 0 Å². The van der Waals surface area contributed by atoms with Gasteiger partial charge in [-0.3, -0.25) is 14.4 Å². The molecule has 3 aromatic rings. The number of aromatic nitrogens is 2. The van der Waals surface area contributed by atoms with Crippen LogP contribution in [0.5, 0.6) is 0 Å². The van der Waals surface area contributed by atoms with Crippen molar-refractivity contribution in [2.24, 2.45) is 4.99 Å². The summed E-state index contributed by atoms with van der Waals surface area (Å²) in [5.41, 5.74) is 1.59. The Morgan fingerprint density at radius 2 is 1.73 bits per heavy atom. The van der Waals surface area contributed by atoms with Gasteiger partial charge in [0.05, 0.1) is 19.4 Å². The Bertz CT molecular complexity index is 1290. The number of carboxylic acids is 1. The first kappa shape index (κ1) is 24.1. The fourth-order valence-corrected chi connectivity index (χ4v) is 3.78. The summed E-state index contributed by atoms with van der Waals surface area (Å²) in [6.07, 6.45) is -0.731. The summed E-state index contributed by atoms with van der Waals surface area (Å²) in [5, 5.41) is 9.25. The van der Waals surface area contributed by atoms with Gasteiger partial charge in [-0.05, 0) is 48.3 Å². The van der Waals surface area contributed by atoms with Gasteiger partial charge >= 0.3 is 17.6 Å². The number of benzene rings is 2. The second-order valence-electron chi connectivity index (χ2n) is 7.07. The molecule has 2 aromatic carbocycles. The minimum Gasteiger partial charge on any atom is -0.481 e. The number of rotatable bonds is 8. The van der Waals surface area contributed by atoms with Crippen molar-refractivity contribution in [2.45, 2.75) is 33.0 Å². The normalized spacial score (nSPS) is 11.4. The molecular weight excluding hydrogens is 470 g/mol.